The first kappa shape index (κ1) is 5.59. The van der Waals surface area contributed by atoms with Gasteiger partial charge in [0.1, 0.15) is 0 Å². The second-order valence-corrected chi connectivity index (χ2v) is 2.60. The lowest BCUT2D eigenvalue weighted by Crippen LogP contribution is -2.20. The molecule has 2 aliphatic rings. The number of allylic oxidation sites excluding steroid dienone is 2. The van der Waals surface area contributed by atoms with Crippen LogP contribution in [0.2, 0.25) is 0 Å². The molecule has 0 aromatic carbocycles. The molecule has 1 heterocycles. The zero-order valence-electron chi connectivity index (χ0n) is 5.94. The molecule has 2 rings (SSSR count). The standard InChI is InChI=1S/C8H10N2/c1-6-2-3-7-8(6)10-5-4-9-7/h3-5,9-10H,2H2,1H3. The summed E-state index contributed by atoms with van der Waals surface area (Å²) in [4.78, 5) is 0. The Morgan fingerprint density at radius 2 is 2.10 bits per heavy atom. The Bertz CT molecular complexity index is 246. The Labute approximate surface area is 60.3 Å². The molecular formula is C8H10N2. The number of hydrogen-bond donors (Lipinski definition) is 2. The van der Waals surface area contributed by atoms with Gasteiger partial charge < -0.3 is 10.6 Å². The fourth-order valence-corrected chi connectivity index (χ4v) is 1.28. The fraction of sp³-hybridized carbons (Fsp3) is 0.250. The van der Waals surface area contributed by atoms with Crippen molar-refractivity contribution < 1.29 is 0 Å². The van der Waals surface area contributed by atoms with Crippen LogP contribution in [0.25, 0.3) is 0 Å². The van der Waals surface area contributed by atoms with Crippen LogP contribution in [0, 0.1) is 0 Å². The normalized spacial score (nSPS) is 21.5. The van der Waals surface area contributed by atoms with E-state index in [2.05, 4.69) is 23.6 Å². The van der Waals surface area contributed by atoms with Crippen LogP contribution in [0.3, 0.4) is 0 Å². The second kappa shape index (κ2) is 1.90. The molecule has 0 fully saturated rings. The molecule has 10 heavy (non-hydrogen) atoms. The summed E-state index contributed by atoms with van der Waals surface area (Å²) in [6.07, 6.45) is 7.10. The summed E-state index contributed by atoms with van der Waals surface area (Å²) in [7, 11) is 0. The average Bonchev–Trinajstić information content (AvgIpc) is 2.34. The zero-order valence-corrected chi connectivity index (χ0v) is 5.94. The van der Waals surface area contributed by atoms with Crippen LogP contribution < -0.4 is 10.6 Å². The highest BCUT2D eigenvalue weighted by molar-refractivity contribution is 5.42. The molecule has 0 aromatic rings. The van der Waals surface area contributed by atoms with Crippen LogP contribution in [-0.2, 0) is 0 Å². The van der Waals surface area contributed by atoms with Gasteiger partial charge in [0.25, 0.3) is 0 Å². The molecule has 0 atom stereocenters. The summed E-state index contributed by atoms with van der Waals surface area (Å²) in [5.74, 6) is 0. The average molecular weight is 134 g/mol. The van der Waals surface area contributed by atoms with Crippen LogP contribution in [0.4, 0.5) is 0 Å². The molecule has 0 bridgehead atoms. The predicted octanol–water partition coefficient (Wildman–Crippen LogP) is 1.21. The first-order chi connectivity index (χ1) is 4.88. The quantitative estimate of drug-likeness (QED) is 0.520. The molecule has 52 valence electrons. The summed E-state index contributed by atoms with van der Waals surface area (Å²) >= 11 is 0. The molecule has 0 spiro atoms. The van der Waals surface area contributed by atoms with Gasteiger partial charge in [0.15, 0.2) is 0 Å². The van der Waals surface area contributed by atoms with Crippen molar-refractivity contribution in [2.75, 3.05) is 0 Å². The third-order valence-electron chi connectivity index (χ3n) is 1.86. The zero-order chi connectivity index (χ0) is 6.97. The van der Waals surface area contributed by atoms with Crippen molar-refractivity contribution in [2.24, 2.45) is 0 Å². The lowest BCUT2D eigenvalue weighted by molar-refractivity contribution is 0.915. The molecule has 0 amide bonds. The van der Waals surface area contributed by atoms with Crippen molar-refractivity contribution in [3.05, 3.63) is 35.4 Å². The van der Waals surface area contributed by atoms with Crippen LogP contribution in [0.1, 0.15) is 13.3 Å². The summed E-state index contributed by atoms with van der Waals surface area (Å²) in [5.41, 5.74) is 3.88. The van der Waals surface area contributed by atoms with Crippen molar-refractivity contribution in [2.45, 2.75) is 13.3 Å². The SMILES string of the molecule is CC1=C2NC=CNC2=CC1. The minimum atomic E-state index is 1.08. The minimum Gasteiger partial charge on any atom is -0.359 e. The van der Waals surface area contributed by atoms with Crippen molar-refractivity contribution in [3.63, 3.8) is 0 Å². The van der Waals surface area contributed by atoms with Gasteiger partial charge in [-0.3, -0.25) is 0 Å². The summed E-state index contributed by atoms with van der Waals surface area (Å²) in [6, 6.07) is 0. The maximum Gasteiger partial charge on any atom is 0.0608 e. The fourth-order valence-electron chi connectivity index (χ4n) is 1.28. The van der Waals surface area contributed by atoms with E-state index >= 15 is 0 Å². The number of nitrogens with one attached hydrogen (secondary N) is 2. The largest absolute Gasteiger partial charge is 0.359 e. The van der Waals surface area contributed by atoms with E-state index in [1.807, 2.05) is 12.4 Å². The lowest BCUT2D eigenvalue weighted by Gasteiger charge is -2.14. The molecule has 0 radical (unpaired) electrons. The van der Waals surface area contributed by atoms with Gasteiger partial charge in [0.05, 0.1) is 11.4 Å². The lowest BCUT2D eigenvalue weighted by atomic mass is 10.2. The van der Waals surface area contributed by atoms with E-state index < -0.39 is 0 Å². The van der Waals surface area contributed by atoms with E-state index in [1.54, 1.807) is 0 Å². The topological polar surface area (TPSA) is 24.1 Å². The van der Waals surface area contributed by atoms with E-state index in [9.17, 15) is 0 Å². The van der Waals surface area contributed by atoms with E-state index in [1.165, 1.54) is 17.0 Å². The van der Waals surface area contributed by atoms with Gasteiger partial charge in [-0.25, -0.2) is 0 Å². The van der Waals surface area contributed by atoms with E-state index in [-0.39, 0.29) is 0 Å². The highest BCUT2D eigenvalue weighted by Gasteiger charge is 2.14. The molecular weight excluding hydrogens is 124 g/mol. The van der Waals surface area contributed by atoms with Gasteiger partial charge in [0, 0.05) is 12.4 Å². The van der Waals surface area contributed by atoms with Crippen molar-refractivity contribution in [3.8, 4) is 0 Å². The highest BCUT2D eigenvalue weighted by atomic mass is 15.0. The molecule has 0 saturated carbocycles. The van der Waals surface area contributed by atoms with Gasteiger partial charge in [-0.15, -0.1) is 0 Å². The van der Waals surface area contributed by atoms with E-state index in [4.69, 9.17) is 0 Å². The molecule has 1 aliphatic heterocycles. The van der Waals surface area contributed by atoms with Crippen LogP contribution in [-0.4, -0.2) is 0 Å². The second-order valence-electron chi connectivity index (χ2n) is 2.60. The van der Waals surface area contributed by atoms with Gasteiger partial charge in [-0.05, 0) is 18.9 Å². The smallest absolute Gasteiger partial charge is 0.0608 e. The van der Waals surface area contributed by atoms with Crippen molar-refractivity contribution >= 4 is 0 Å². The van der Waals surface area contributed by atoms with Crippen molar-refractivity contribution in [1.82, 2.24) is 10.6 Å². The molecule has 0 unspecified atom stereocenters. The molecule has 2 heteroatoms. The summed E-state index contributed by atoms with van der Waals surface area (Å²) in [5, 5.41) is 6.37. The molecule has 1 aliphatic carbocycles. The number of rotatable bonds is 0. The molecule has 0 aromatic heterocycles. The summed E-state index contributed by atoms with van der Waals surface area (Å²) < 4.78 is 0. The summed E-state index contributed by atoms with van der Waals surface area (Å²) in [6.45, 7) is 2.15. The van der Waals surface area contributed by atoms with E-state index in [0.29, 0.717) is 0 Å². The number of fused-ring (bicyclic) bond motifs is 1. The Kier molecular flexibility index (Phi) is 1.07. The van der Waals surface area contributed by atoms with E-state index in [0.717, 1.165) is 6.42 Å². The maximum absolute atomic E-state index is 3.20. The molecule has 2 N–H and O–H groups in total. The van der Waals surface area contributed by atoms with Crippen molar-refractivity contribution in [1.29, 1.82) is 0 Å². The predicted molar refractivity (Wildman–Crippen MR) is 40.8 cm³/mol. The van der Waals surface area contributed by atoms with Crippen LogP contribution >= 0.6 is 0 Å². The van der Waals surface area contributed by atoms with Crippen LogP contribution in [0.15, 0.2) is 35.4 Å². The Morgan fingerprint density at radius 1 is 1.30 bits per heavy atom. The first-order valence-corrected chi connectivity index (χ1v) is 3.46. The Morgan fingerprint density at radius 3 is 2.90 bits per heavy atom. The Balaban J connectivity index is 2.39. The molecule has 0 saturated heterocycles. The minimum absolute atomic E-state index is 1.08. The maximum atomic E-state index is 3.20. The van der Waals surface area contributed by atoms with Gasteiger partial charge in [-0.2, -0.15) is 0 Å². The van der Waals surface area contributed by atoms with Gasteiger partial charge in [0.2, 0.25) is 0 Å². The number of hydrogen-bond acceptors (Lipinski definition) is 2. The van der Waals surface area contributed by atoms with Gasteiger partial charge >= 0.3 is 0 Å². The monoisotopic (exact) mass is 134 g/mol. The van der Waals surface area contributed by atoms with Crippen LogP contribution in [0.5, 0.6) is 0 Å². The molecule has 2 nitrogen and oxygen atoms in total. The third-order valence-corrected chi connectivity index (χ3v) is 1.86. The van der Waals surface area contributed by atoms with Gasteiger partial charge in [-0.1, -0.05) is 6.08 Å². The third kappa shape index (κ3) is 0.652. The first-order valence-electron chi connectivity index (χ1n) is 3.46. The Hall–Kier alpha value is -1.18. The highest BCUT2D eigenvalue weighted by Crippen LogP contribution is 2.22.